The average Bonchev–Trinajstić information content (AvgIpc) is 3.42. The summed E-state index contributed by atoms with van der Waals surface area (Å²) < 4.78 is 14.0. The van der Waals surface area contributed by atoms with E-state index in [0.29, 0.717) is 37.4 Å². The minimum Gasteiger partial charge on any atom is -0.505 e. The number of hydrogen-bond acceptors (Lipinski definition) is 5. The normalized spacial score (nSPS) is 16.3. The van der Waals surface area contributed by atoms with Crippen molar-refractivity contribution in [2.75, 3.05) is 6.54 Å². The minimum absolute atomic E-state index is 0.341. The zero-order chi connectivity index (χ0) is 23.3. The van der Waals surface area contributed by atoms with Gasteiger partial charge in [0, 0.05) is 18.4 Å². The third-order valence-corrected chi connectivity index (χ3v) is 6.40. The van der Waals surface area contributed by atoms with Crippen molar-refractivity contribution in [1.29, 1.82) is 0 Å². The van der Waals surface area contributed by atoms with E-state index in [0.717, 1.165) is 39.0 Å². The number of carboxylic acid groups (broad SMARTS) is 1. The van der Waals surface area contributed by atoms with Gasteiger partial charge < -0.3 is 15.2 Å². The fourth-order valence-corrected chi connectivity index (χ4v) is 4.59. The van der Waals surface area contributed by atoms with Gasteiger partial charge in [0.1, 0.15) is 11.7 Å². The highest BCUT2D eigenvalue weighted by Crippen LogP contribution is 2.34. The van der Waals surface area contributed by atoms with Crippen LogP contribution in [0.15, 0.2) is 30.3 Å². The number of H-pyrrole nitrogens is 2. The number of phenols is 1. The molecule has 5 rings (SSSR count). The molecule has 1 aliphatic rings. The molecule has 1 aliphatic heterocycles. The summed E-state index contributed by atoms with van der Waals surface area (Å²) in [5.74, 6) is -1.27. The number of benzene rings is 2. The van der Waals surface area contributed by atoms with Crippen LogP contribution in [0.3, 0.4) is 0 Å². The van der Waals surface area contributed by atoms with E-state index in [9.17, 15) is 19.4 Å². The van der Waals surface area contributed by atoms with Crippen LogP contribution in [-0.2, 0) is 24.2 Å². The molecule has 0 unspecified atom stereocenters. The summed E-state index contributed by atoms with van der Waals surface area (Å²) in [6, 6.07) is 7.94. The first-order valence-electron chi connectivity index (χ1n) is 10.9. The predicted molar refractivity (Wildman–Crippen MR) is 121 cm³/mol. The van der Waals surface area contributed by atoms with Crippen LogP contribution in [-0.4, -0.2) is 53.8 Å². The second kappa shape index (κ2) is 8.00. The lowest BCUT2D eigenvalue weighted by Gasteiger charge is -2.30. The highest BCUT2D eigenvalue weighted by Gasteiger charge is 2.33. The maximum absolute atomic E-state index is 14.0. The number of aromatic amines is 2. The topological polar surface area (TPSA) is 118 Å². The molecule has 4 aromatic rings. The Labute approximate surface area is 189 Å². The van der Waals surface area contributed by atoms with Crippen LogP contribution >= 0.6 is 0 Å². The fraction of sp³-hybridized carbons (Fsp3) is 0.292. The lowest BCUT2D eigenvalue weighted by Crippen LogP contribution is -2.45. The molecule has 0 bridgehead atoms. The maximum atomic E-state index is 14.0. The van der Waals surface area contributed by atoms with Crippen LogP contribution in [0.4, 0.5) is 4.39 Å². The number of likely N-dealkylation sites (N-methyl/N-ethyl adjacent to an activating group) is 1. The van der Waals surface area contributed by atoms with E-state index < -0.39 is 17.8 Å². The number of carboxylic acids is 1. The Morgan fingerprint density at radius 2 is 2.09 bits per heavy atom. The van der Waals surface area contributed by atoms with Crippen LogP contribution in [0.25, 0.3) is 33.5 Å². The van der Waals surface area contributed by atoms with Crippen LogP contribution in [0.1, 0.15) is 30.8 Å². The van der Waals surface area contributed by atoms with Gasteiger partial charge >= 0.3 is 5.97 Å². The van der Waals surface area contributed by atoms with Crippen molar-refractivity contribution < 1.29 is 19.4 Å². The van der Waals surface area contributed by atoms with Crippen molar-refractivity contribution in [3.8, 4) is 28.4 Å². The number of aromatic hydroxyl groups is 1. The van der Waals surface area contributed by atoms with Gasteiger partial charge in [-0.15, -0.1) is 0 Å². The van der Waals surface area contributed by atoms with Crippen LogP contribution in [0.5, 0.6) is 5.75 Å². The Kier molecular flexibility index (Phi) is 5.13. The van der Waals surface area contributed by atoms with Gasteiger partial charge in [-0.2, -0.15) is 5.10 Å². The predicted octanol–water partition coefficient (Wildman–Crippen LogP) is 3.86. The van der Waals surface area contributed by atoms with Crippen molar-refractivity contribution in [3.05, 3.63) is 53.1 Å². The molecular formula is C24H24FN5O3. The molecule has 0 fully saturated rings. The van der Waals surface area contributed by atoms with Crippen molar-refractivity contribution in [2.24, 2.45) is 0 Å². The monoisotopic (exact) mass is 449 g/mol. The van der Waals surface area contributed by atoms with Gasteiger partial charge in [-0.1, -0.05) is 19.9 Å². The van der Waals surface area contributed by atoms with Gasteiger partial charge in [-0.25, -0.2) is 9.37 Å². The Balaban J connectivity index is 1.53. The van der Waals surface area contributed by atoms with E-state index in [1.807, 2.05) is 36.9 Å². The van der Waals surface area contributed by atoms with Crippen LogP contribution in [0.2, 0.25) is 0 Å². The minimum atomic E-state index is -0.845. The number of nitrogens with one attached hydrogen (secondary N) is 2. The van der Waals surface area contributed by atoms with Gasteiger partial charge in [0.25, 0.3) is 0 Å². The standard InChI is InChI=1S/C24H24FN5O3/c1-3-12-8-21(31)16(25)9-15(12)13-5-6-14-17(7-13)28-29-22(14)23-26-18-10-20(24(32)33)30(4-2)11-19(18)27-23/h5-9,20,31H,3-4,10-11H2,1-2H3,(H,26,27)(H,28,29)(H,32,33)/t20-/m1/s1. The van der Waals surface area contributed by atoms with E-state index in [1.165, 1.54) is 12.1 Å². The van der Waals surface area contributed by atoms with E-state index in [1.54, 1.807) is 0 Å². The summed E-state index contributed by atoms with van der Waals surface area (Å²) in [5.41, 5.74) is 5.46. The average molecular weight is 449 g/mol. The molecule has 2 aromatic carbocycles. The number of phenolic OH excluding ortho intramolecular Hbond substituents is 1. The molecule has 170 valence electrons. The van der Waals surface area contributed by atoms with E-state index >= 15 is 0 Å². The number of hydrogen-bond donors (Lipinski definition) is 4. The third kappa shape index (κ3) is 3.54. The lowest BCUT2D eigenvalue weighted by atomic mass is 9.96. The summed E-state index contributed by atoms with van der Waals surface area (Å²) in [6.45, 7) is 5.03. The Bertz CT molecular complexity index is 1380. The molecule has 0 saturated carbocycles. The summed E-state index contributed by atoms with van der Waals surface area (Å²) in [6.07, 6.45) is 0.993. The Morgan fingerprint density at radius 1 is 1.27 bits per heavy atom. The largest absolute Gasteiger partial charge is 0.505 e. The molecule has 1 atom stereocenters. The highest BCUT2D eigenvalue weighted by molar-refractivity contribution is 5.94. The Morgan fingerprint density at radius 3 is 2.82 bits per heavy atom. The maximum Gasteiger partial charge on any atom is 0.321 e. The van der Waals surface area contributed by atoms with Crippen LogP contribution in [0, 0.1) is 5.82 Å². The van der Waals surface area contributed by atoms with E-state index in [-0.39, 0.29) is 5.75 Å². The van der Waals surface area contributed by atoms with E-state index in [4.69, 9.17) is 0 Å². The molecule has 0 aliphatic carbocycles. The molecule has 0 spiro atoms. The van der Waals surface area contributed by atoms with Crippen molar-refractivity contribution >= 4 is 16.9 Å². The van der Waals surface area contributed by atoms with Crippen molar-refractivity contribution in [3.63, 3.8) is 0 Å². The first-order chi connectivity index (χ1) is 15.9. The van der Waals surface area contributed by atoms with Crippen LogP contribution < -0.4 is 0 Å². The number of nitrogens with zero attached hydrogens (tertiary/aromatic N) is 3. The van der Waals surface area contributed by atoms with E-state index in [2.05, 4.69) is 20.2 Å². The number of halogens is 1. The van der Waals surface area contributed by atoms with Crippen molar-refractivity contribution in [1.82, 2.24) is 25.1 Å². The van der Waals surface area contributed by atoms with Gasteiger partial charge in [0.15, 0.2) is 17.4 Å². The molecule has 4 N–H and O–H groups in total. The summed E-state index contributed by atoms with van der Waals surface area (Å²) in [7, 11) is 0. The lowest BCUT2D eigenvalue weighted by molar-refractivity contribution is -0.143. The SMILES string of the molecule is CCc1cc(O)c(F)cc1-c1ccc2c(-c3nc4c([nH]3)CN(CC)[C@@H](C(=O)O)C4)n[nH]c2c1. The molecule has 0 radical (unpaired) electrons. The second-order valence-electron chi connectivity index (χ2n) is 8.28. The molecule has 8 nitrogen and oxygen atoms in total. The molecule has 33 heavy (non-hydrogen) atoms. The first kappa shape index (κ1) is 21.1. The highest BCUT2D eigenvalue weighted by atomic mass is 19.1. The fourth-order valence-electron chi connectivity index (χ4n) is 4.59. The zero-order valence-electron chi connectivity index (χ0n) is 18.3. The number of fused-ring (bicyclic) bond motifs is 2. The van der Waals surface area contributed by atoms with Gasteiger partial charge in [0.05, 0.1) is 16.9 Å². The third-order valence-electron chi connectivity index (χ3n) is 6.40. The van der Waals surface area contributed by atoms with Crippen molar-refractivity contribution in [2.45, 2.75) is 39.3 Å². The summed E-state index contributed by atoms with van der Waals surface area (Å²) in [5, 5.41) is 27.6. The molecular weight excluding hydrogens is 425 g/mol. The van der Waals surface area contributed by atoms with Gasteiger partial charge in [0.2, 0.25) is 0 Å². The number of imidazole rings is 1. The number of aromatic nitrogens is 4. The smallest absolute Gasteiger partial charge is 0.321 e. The Hall–Kier alpha value is -3.72. The molecule has 9 heteroatoms. The number of aryl methyl sites for hydroxylation is 1. The zero-order valence-corrected chi connectivity index (χ0v) is 18.3. The number of rotatable bonds is 5. The quantitative estimate of drug-likeness (QED) is 0.368. The molecule has 2 aromatic heterocycles. The summed E-state index contributed by atoms with van der Waals surface area (Å²) >= 11 is 0. The molecule has 3 heterocycles. The molecule has 0 amide bonds. The first-order valence-corrected chi connectivity index (χ1v) is 10.9. The van der Waals surface area contributed by atoms with Gasteiger partial charge in [-0.3, -0.25) is 14.8 Å². The summed E-state index contributed by atoms with van der Waals surface area (Å²) in [4.78, 5) is 21.5. The number of aliphatic carboxylic acids is 1. The second-order valence-corrected chi connectivity index (χ2v) is 8.28. The number of carbonyl (C=O) groups is 1. The molecule has 0 saturated heterocycles. The van der Waals surface area contributed by atoms with Gasteiger partial charge in [-0.05, 0) is 53.9 Å².